The summed E-state index contributed by atoms with van der Waals surface area (Å²) in [6.07, 6.45) is 0.385. The smallest absolute Gasteiger partial charge is 0.287 e. The van der Waals surface area contributed by atoms with Crippen LogP contribution < -0.4 is 10.9 Å². The Morgan fingerprint density at radius 1 is 1.48 bits per heavy atom. The summed E-state index contributed by atoms with van der Waals surface area (Å²) in [6, 6.07) is 4.03. The van der Waals surface area contributed by atoms with Gasteiger partial charge in [-0.3, -0.25) is 4.79 Å². The van der Waals surface area contributed by atoms with E-state index < -0.39 is 17.5 Å². The number of aryl methyl sites for hydroxylation is 1. The molecule has 1 atom stereocenters. The first-order chi connectivity index (χ1) is 9.90. The lowest BCUT2D eigenvalue weighted by molar-refractivity contribution is 0.191. The lowest BCUT2D eigenvalue weighted by Gasteiger charge is -2.14. The van der Waals surface area contributed by atoms with Crippen LogP contribution in [0.4, 0.5) is 10.1 Å². The van der Waals surface area contributed by atoms with Crippen molar-refractivity contribution in [2.75, 3.05) is 11.9 Å². The Bertz CT molecular complexity index is 721. The Hall–Kier alpha value is -1.63. The van der Waals surface area contributed by atoms with E-state index >= 15 is 0 Å². The Kier molecular flexibility index (Phi) is 4.82. The molecule has 2 aromatic rings. The average Bonchev–Trinajstić information content (AvgIpc) is 2.46. The van der Waals surface area contributed by atoms with Crippen molar-refractivity contribution in [1.29, 1.82) is 0 Å². The highest BCUT2D eigenvalue weighted by Crippen LogP contribution is 2.21. The van der Waals surface area contributed by atoms with Gasteiger partial charge in [-0.15, -0.1) is 0 Å². The minimum absolute atomic E-state index is 0.0160. The topological polar surface area (TPSA) is 67.2 Å². The third-order valence-electron chi connectivity index (χ3n) is 2.89. The van der Waals surface area contributed by atoms with Crippen molar-refractivity contribution in [3.8, 4) is 0 Å². The van der Waals surface area contributed by atoms with E-state index in [-0.39, 0.29) is 16.6 Å². The molecule has 0 aliphatic rings. The Labute approximate surface area is 129 Å². The monoisotopic (exact) mass is 331 g/mol. The molecule has 0 saturated carbocycles. The number of halogens is 3. The Morgan fingerprint density at radius 2 is 2.19 bits per heavy atom. The third-order valence-corrected chi connectivity index (χ3v) is 3.56. The van der Waals surface area contributed by atoms with Crippen molar-refractivity contribution in [3.05, 3.63) is 56.2 Å². The maximum Gasteiger partial charge on any atom is 0.287 e. The Balaban J connectivity index is 2.11. The summed E-state index contributed by atoms with van der Waals surface area (Å²) < 4.78 is 14.4. The summed E-state index contributed by atoms with van der Waals surface area (Å²) in [5, 5.41) is 16.6. The lowest BCUT2D eigenvalue weighted by Crippen LogP contribution is -2.22. The molecule has 112 valence electrons. The van der Waals surface area contributed by atoms with Crippen LogP contribution in [0.5, 0.6) is 0 Å². The average molecular weight is 332 g/mol. The molecule has 0 aliphatic carbocycles. The zero-order valence-electron chi connectivity index (χ0n) is 11.0. The van der Waals surface area contributed by atoms with E-state index in [1.165, 1.54) is 25.4 Å². The zero-order chi connectivity index (χ0) is 15.6. The van der Waals surface area contributed by atoms with Gasteiger partial charge in [-0.1, -0.05) is 29.3 Å². The predicted octanol–water partition coefficient (Wildman–Crippen LogP) is 2.37. The molecule has 2 rings (SSSR count). The number of aromatic nitrogens is 2. The molecule has 1 heterocycles. The molecule has 5 nitrogen and oxygen atoms in total. The molecule has 8 heteroatoms. The summed E-state index contributed by atoms with van der Waals surface area (Å²) in [7, 11) is 1.48. The molecule has 0 aliphatic heterocycles. The van der Waals surface area contributed by atoms with Gasteiger partial charge in [0.2, 0.25) is 0 Å². The van der Waals surface area contributed by atoms with Gasteiger partial charge in [-0.2, -0.15) is 5.10 Å². The van der Waals surface area contributed by atoms with Gasteiger partial charge >= 0.3 is 0 Å². The van der Waals surface area contributed by atoms with Gasteiger partial charge in [0, 0.05) is 13.6 Å². The molecule has 1 unspecified atom stereocenters. The molecule has 1 aromatic heterocycles. The second-order valence-corrected chi connectivity index (χ2v) is 5.16. The highest BCUT2D eigenvalue weighted by molar-refractivity contribution is 6.32. The maximum atomic E-state index is 13.3. The first kappa shape index (κ1) is 15.8. The number of aliphatic hydroxyl groups excluding tert-OH is 1. The van der Waals surface area contributed by atoms with Gasteiger partial charge in [0.1, 0.15) is 10.8 Å². The number of rotatable bonds is 4. The molecule has 2 N–H and O–H groups in total. The molecule has 0 amide bonds. The molecule has 0 saturated heterocycles. The molecule has 21 heavy (non-hydrogen) atoms. The van der Waals surface area contributed by atoms with Crippen molar-refractivity contribution in [2.24, 2.45) is 7.05 Å². The van der Waals surface area contributed by atoms with Crippen LogP contribution in [0.3, 0.4) is 0 Å². The second kappa shape index (κ2) is 6.43. The largest absolute Gasteiger partial charge is 0.387 e. The number of hydrogen-bond donors (Lipinski definition) is 2. The van der Waals surface area contributed by atoms with Gasteiger partial charge in [-0.05, 0) is 17.7 Å². The number of hydrogen-bond acceptors (Lipinski definition) is 4. The van der Waals surface area contributed by atoms with Crippen LogP contribution in [0.25, 0.3) is 0 Å². The molecule has 0 spiro atoms. The van der Waals surface area contributed by atoms with Gasteiger partial charge in [0.25, 0.3) is 5.56 Å². The number of anilines is 1. The van der Waals surface area contributed by atoms with E-state index in [0.717, 1.165) is 10.7 Å². The fourth-order valence-electron chi connectivity index (χ4n) is 1.68. The first-order valence-corrected chi connectivity index (χ1v) is 6.74. The predicted molar refractivity (Wildman–Crippen MR) is 79.3 cm³/mol. The first-order valence-electron chi connectivity index (χ1n) is 5.99. The van der Waals surface area contributed by atoms with Crippen LogP contribution in [-0.2, 0) is 7.05 Å². The van der Waals surface area contributed by atoms with Crippen molar-refractivity contribution in [1.82, 2.24) is 9.78 Å². The number of nitrogens with zero attached hydrogens (tertiary/aromatic N) is 2. The molecule has 1 aromatic carbocycles. The SMILES string of the molecule is Cn1ncc(NCC(O)c2ccc(Cl)c(F)c2)c(Cl)c1=O. The number of nitrogens with one attached hydrogen (secondary N) is 1. The Morgan fingerprint density at radius 3 is 2.86 bits per heavy atom. The van der Waals surface area contributed by atoms with Crippen LogP contribution in [-0.4, -0.2) is 21.4 Å². The van der Waals surface area contributed by atoms with Gasteiger partial charge in [0.15, 0.2) is 0 Å². The third kappa shape index (κ3) is 3.53. The minimum atomic E-state index is -0.989. The maximum absolute atomic E-state index is 13.3. The summed E-state index contributed by atoms with van der Waals surface area (Å²) in [5.41, 5.74) is 0.208. The van der Waals surface area contributed by atoms with Crippen molar-refractivity contribution >= 4 is 28.9 Å². The zero-order valence-corrected chi connectivity index (χ0v) is 12.5. The minimum Gasteiger partial charge on any atom is -0.387 e. The van der Waals surface area contributed by atoms with Crippen LogP contribution in [0.15, 0.2) is 29.2 Å². The van der Waals surface area contributed by atoms with Gasteiger partial charge in [0.05, 0.1) is 23.0 Å². The number of benzene rings is 1. The van der Waals surface area contributed by atoms with Crippen LogP contribution >= 0.6 is 23.2 Å². The summed E-state index contributed by atoms with van der Waals surface area (Å²) in [6.45, 7) is 0.0373. The van der Waals surface area contributed by atoms with E-state index in [1.807, 2.05) is 0 Å². The summed E-state index contributed by atoms with van der Waals surface area (Å²) in [4.78, 5) is 11.6. The highest BCUT2D eigenvalue weighted by atomic mass is 35.5. The van der Waals surface area contributed by atoms with Crippen molar-refractivity contribution in [3.63, 3.8) is 0 Å². The quantitative estimate of drug-likeness (QED) is 0.902. The molecule has 0 bridgehead atoms. The second-order valence-electron chi connectivity index (χ2n) is 4.37. The van der Waals surface area contributed by atoms with E-state index in [2.05, 4.69) is 10.4 Å². The van der Waals surface area contributed by atoms with E-state index in [0.29, 0.717) is 11.3 Å². The van der Waals surface area contributed by atoms with Crippen LogP contribution in [0.2, 0.25) is 10.0 Å². The van der Waals surface area contributed by atoms with Crippen molar-refractivity contribution < 1.29 is 9.50 Å². The molecule has 0 radical (unpaired) electrons. The summed E-state index contributed by atoms with van der Waals surface area (Å²) in [5.74, 6) is -0.610. The normalized spacial score (nSPS) is 12.2. The fourth-order valence-corrected chi connectivity index (χ4v) is 2.03. The standard InChI is InChI=1S/C13H12Cl2FN3O2/c1-19-13(21)12(15)10(5-18-19)17-6-11(20)7-2-3-8(14)9(16)4-7/h2-5,11,17,20H,6H2,1H3. The molecular formula is C13H12Cl2FN3O2. The van der Waals surface area contributed by atoms with E-state index in [4.69, 9.17) is 23.2 Å². The van der Waals surface area contributed by atoms with Crippen LogP contribution in [0.1, 0.15) is 11.7 Å². The number of aliphatic hydroxyl groups is 1. The molecular weight excluding hydrogens is 320 g/mol. The summed E-state index contributed by atoms with van der Waals surface area (Å²) >= 11 is 11.5. The lowest BCUT2D eigenvalue weighted by atomic mass is 10.1. The van der Waals surface area contributed by atoms with E-state index in [9.17, 15) is 14.3 Å². The van der Waals surface area contributed by atoms with E-state index in [1.54, 1.807) is 0 Å². The van der Waals surface area contributed by atoms with Gasteiger partial charge < -0.3 is 10.4 Å². The highest BCUT2D eigenvalue weighted by Gasteiger charge is 2.12. The van der Waals surface area contributed by atoms with Crippen molar-refractivity contribution in [2.45, 2.75) is 6.10 Å². The fraction of sp³-hybridized carbons (Fsp3) is 0.231. The van der Waals surface area contributed by atoms with Crippen LogP contribution in [0, 0.1) is 5.82 Å². The van der Waals surface area contributed by atoms with Gasteiger partial charge in [-0.25, -0.2) is 9.07 Å². The molecule has 0 fully saturated rings.